The van der Waals surface area contributed by atoms with Crippen molar-refractivity contribution in [1.29, 1.82) is 0 Å². The number of rotatable bonds is 4. The monoisotopic (exact) mass is 341 g/mol. The van der Waals surface area contributed by atoms with Crippen molar-refractivity contribution in [2.24, 2.45) is 0 Å². The second-order valence-corrected chi connectivity index (χ2v) is 6.99. The molecule has 1 N–H and O–H groups in total. The number of benzene rings is 1. The smallest absolute Gasteiger partial charge is 0.381 e. The number of hydrogen-bond donors (Lipinski definition) is 1. The fourth-order valence-electron chi connectivity index (χ4n) is 2.23. The zero-order valence-electron chi connectivity index (χ0n) is 11.4. The molecule has 1 heterocycles. The predicted molar refractivity (Wildman–Crippen MR) is 71.1 cm³/mol. The molecule has 0 spiro atoms. The summed E-state index contributed by atoms with van der Waals surface area (Å²) in [6.45, 7) is 0.387. The lowest BCUT2D eigenvalue weighted by molar-refractivity contribution is -0.153. The third-order valence-corrected chi connectivity index (χ3v) is 5.33. The molecule has 0 aliphatic carbocycles. The fraction of sp³-hybridized carbons (Fsp3) is 0.538. The Hall–Kier alpha value is -1.19. The molecule has 124 valence electrons. The lowest BCUT2D eigenvalue weighted by atomic mass is 10.1. The molecule has 1 atom stereocenters. The molecule has 1 unspecified atom stereocenters. The Balaban J connectivity index is 2.25. The van der Waals surface area contributed by atoms with Crippen molar-refractivity contribution in [3.8, 4) is 0 Å². The van der Waals surface area contributed by atoms with Crippen molar-refractivity contribution in [3.05, 3.63) is 35.6 Å². The van der Waals surface area contributed by atoms with Gasteiger partial charge in [0.1, 0.15) is 11.9 Å². The molecule has 0 radical (unpaired) electrons. The maximum Gasteiger partial charge on any atom is 0.408 e. The van der Waals surface area contributed by atoms with Crippen LogP contribution in [0.2, 0.25) is 0 Å². The van der Waals surface area contributed by atoms with E-state index >= 15 is 0 Å². The van der Waals surface area contributed by atoms with Crippen molar-refractivity contribution in [3.63, 3.8) is 0 Å². The molecule has 1 fully saturated rings. The minimum Gasteiger partial charge on any atom is -0.381 e. The van der Waals surface area contributed by atoms with E-state index in [1.54, 1.807) is 4.72 Å². The lowest BCUT2D eigenvalue weighted by Gasteiger charge is -2.27. The summed E-state index contributed by atoms with van der Waals surface area (Å²) in [4.78, 5) is 0. The standard InChI is InChI=1S/C13H15F4NO3S/c14-10-3-1-9(2-4-10)12(13(15,16)17)18-22(19,20)11-5-7-21-8-6-11/h1-4,11-12,18H,5-8H2. The second-order valence-electron chi connectivity index (χ2n) is 5.00. The van der Waals surface area contributed by atoms with Crippen LogP contribution in [-0.4, -0.2) is 33.1 Å². The highest BCUT2D eigenvalue weighted by atomic mass is 32.2. The van der Waals surface area contributed by atoms with Gasteiger partial charge >= 0.3 is 6.18 Å². The van der Waals surface area contributed by atoms with Gasteiger partial charge in [0.05, 0.1) is 5.25 Å². The molecule has 0 bridgehead atoms. The summed E-state index contributed by atoms with van der Waals surface area (Å²) in [5.74, 6) is -0.697. The van der Waals surface area contributed by atoms with Crippen molar-refractivity contribution in [2.75, 3.05) is 13.2 Å². The first-order chi connectivity index (χ1) is 10.2. The summed E-state index contributed by atoms with van der Waals surface area (Å²) in [5.41, 5.74) is -0.357. The topological polar surface area (TPSA) is 55.4 Å². The van der Waals surface area contributed by atoms with Crippen LogP contribution in [0.1, 0.15) is 24.4 Å². The van der Waals surface area contributed by atoms with E-state index in [9.17, 15) is 26.0 Å². The van der Waals surface area contributed by atoms with Gasteiger partial charge < -0.3 is 4.74 Å². The van der Waals surface area contributed by atoms with Crippen LogP contribution in [0.5, 0.6) is 0 Å². The van der Waals surface area contributed by atoms with Gasteiger partial charge in [-0.25, -0.2) is 12.8 Å². The first-order valence-electron chi connectivity index (χ1n) is 6.61. The van der Waals surface area contributed by atoms with Crippen LogP contribution in [0.25, 0.3) is 0 Å². The predicted octanol–water partition coefficient (Wildman–Crippen LogP) is 2.53. The first kappa shape index (κ1) is 17.2. The average Bonchev–Trinajstić information content (AvgIpc) is 2.46. The molecular formula is C13H15F4NO3S. The fourth-order valence-corrected chi connectivity index (χ4v) is 3.83. The summed E-state index contributed by atoms with van der Waals surface area (Å²) in [7, 11) is -4.17. The van der Waals surface area contributed by atoms with Crippen LogP contribution >= 0.6 is 0 Å². The Morgan fingerprint density at radius 3 is 2.18 bits per heavy atom. The molecule has 0 saturated carbocycles. The summed E-state index contributed by atoms with van der Waals surface area (Å²) in [6, 6.07) is 1.15. The van der Waals surface area contributed by atoms with Gasteiger partial charge in [-0.1, -0.05) is 12.1 Å². The summed E-state index contributed by atoms with van der Waals surface area (Å²) in [5, 5.41) is -0.924. The van der Waals surface area contributed by atoms with Gasteiger partial charge in [-0.3, -0.25) is 0 Å². The minimum atomic E-state index is -4.82. The number of halogens is 4. The molecule has 0 aromatic heterocycles. The summed E-state index contributed by atoms with van der Waals surface area (Å²) >= 11 is 0. The van der Waals surface area contributed by atoms with Gasteiger partial charge in [-0.05, 0) is 30.5 Å². The van der Waals surface area contributed by atoms with Crippen LogP contribution in [0, 0.1) is 5.82 Å². The highest BCUT2D eigenvalue weighted by molar-refractivity contribution is 7.90. The van der Waals surface area contributed by atoms with Gasteiger partial charge in [0.25, 0.3) is 0 Å². The number of hydrogen-bond acceptors (Lipinski definition) is 3. The van der Waals surface area contributed by atoms with Crippen LogP contribution in [0.3, 0.4) is 0 Å². The first-order valence-corrected chi connectivity index (χ1v) is 8.16. The molecule has 1 aliphatic rings. The van der Waals surface area contributed by atoms with E-state index in [1.165, 1.54) is 0 Å². The van der Waals surface area contributed by atoms with E-state index in [1.807, 2.05) is 0 Å². The van der Waals surface area contributed by atoms with E-state index in [-0.39, 0.29) is 31.6 Å². The third kappa shape index (κ3) is 4.17. The van der Waals surface area contributed by atoms with Crippen molar-refractivity contribution < 1.29 is 30.7 Å². The molecule has 1 saturated heterocycles. The number of alkyl halides is 3. The largest absolute Gasteiger partial charge is 0.408 e. The summed E-state index contributed by atoms with van der Waals surface area (Å²) < 4.78 is 83.3. The number of nitrogens with one attached hydrogen (secondary N) is 1. The van der Waals surface area contributed by atoms with Crippen molar-refractivity contribution in [2.45, 2.75) is 30.3 Å². The molecule has 2 rings (SSSR count). The molecule has 1 aromatic carbocycles. The Labute approximate surface area is 125 Å². The molecule has 0 amide bonds. The van der Waals surface area contributed by atoms with Crippen LogP contribution < -0.4 is 4.72 Å². The molecule has 9 heteroatoms. The molecule has 22 heavy (non-hydrogen) atoms. The lowest BCUT2D eigenvalue weighted by Crippen LogP contribution is -2.44. The maximum atomic E-state index is 13.2. The highest BCUT2D eigenvalue weighted by Gasteiger charge is 2.44. The van der Waals surface area contributed by atoms with E-state index in [4.69, 9.17) is 4.74 Å². The average molecular weight is 341 g/mol. The van der Waals surface area contributed by atoms with Gasteiger partial charge in [0.2, 0.25) is 10.0 Å². The highest BCUT2D eigenvalue weighted by Crippen LogP contribution is 2.34. The Morgan fingerprint density at radius 1 is 1.14 bits per heavy atom. The zero-order valence-corrected chi connectivity index (χ0v) is 12.3. The summed E-state index contributed by atoms with van der Waals surface area (Å²) in [6.07, 6.45) is -4.54. The number of ether oxygens (including phenoxy) is 1. The van der Waals surface area contributed by atoms with Crippen LogP contribution in [0.15, 0.2) is 24.3 Å². The Bertz CT molecular complexity index is 595. The SMILES string of the molecule is O=S(=O)(NC(c1ccc(F)cc1)C(F)(F)F)C1CCOCC1. The van der Waals surface area contributed by atoms with Crippen molar-refractivity contribution in [1.82, 2.24) is 4.72 Å². The zero-order chi connectivity index (χ0) is 16.4. The van der Waals surface area contributed by atoms with Crippen LogP contribution in [-0.2, 0) is 14.8 Å². The minimum absolute atomic E-state index is 0.142. The second kappa shape index (κ2) is 6.51. The van der Waals surface area contributed by atoms with Gasteiger partial charge in [-0.2, -0.15) is 17.9 Å². The quantitative estimate of drug-likeness (QED) is 0.857. The van der Waals surface area contributed by atoms with Gasteiger partial charge in [0.15, 0.2) is 0 Å². The van der Waals surface area contributed by atoms with E-state index in [0.717, 1.165) is 24.3 Å². The molecule has 4 nitrogen and oxygen atoms in total. The van der Waals surface area contributed by atoms with Gasteiger partial charge in [-0.15, -0.1) is 0 Å². The maximum absolute atomic E-state index is 13.2. The van der Waals surface area contributed by atoms with E-state index < -0.39 is 33.3 Å². The normalized spacial score (nSPS) is 19.1. The third-order valence-electron chi connectivity index (χ3n) is 3.42. The molecule has 1 aliphatic heterocycles. The van der Waals surface area contributed by atoms with E-state index in [0.29, 0.717) is 0 Å². The van der Waals surface area contributed by atoms with Gasteiger partial charge in [0, 0.05) is 13.2 Å². The van der Waals surface area contributed by atoms with E-state index in [2.05, 4.69) is 0 Å². The van der Waals surface area contributed by atoms with Crippen LogP contribution in [0.4, 0.5) is 17.6 Å². The Morgan fingerprint density at radius 2 is 1.68 bits per heavy atom. The number of sulfonamides is 1. The molecule has 1 aromatic rings. The Kier molecular flexibility index (Phi) is 5.08. The molecular weight excluding hydrogens is 326 g/mol. The van der Waals surface area contributed by atoms with Crippen molar-refractivity contribution >= 4 is 10.0 Å².